The minimum atomic E-state index is -1.54. The highest BCUT2D eigenvalue weighted by atomic mass is 16.4. The summed E-state index contributed by atoms with van der Waals surface area (Å²) in [6.07, 6.45) is 6.14. The van der Waals surface area contributed by atoms with Gasteiger partial charge in [0.25, 0.3) is 0 Å². The number of nitrogens with one attached hydrogen (secondary N) is 1. The Bertz CT molecular complexity index is 401. The van der Waals surface area contributed by atoms with Gasteiger partial charge in [0, 0.05) is 0 Å². The van der Waals surface area contributed by atoms with Gasteiger partial charge in [0.05, 0.1) is 5.92 Å². The van der Waals surface area contributed by atoms with Crippen molar-refractivity contribution < 1.29 is 19.8 Å². The molecule has 1 saturated heterocycles. The molecule has 2 fully saturated rings. The molecule has 0 aromatic rings. The first-order valence-corrected chi connectivity index (χ1v) is 7.63. The minimum Gasteiger partial charge on any atom is -0.479 e. The summed E-state index contributed by atoms with van der Waals surface area (Å²) in [5, 5.41) is 23.1. The lowest BCUT2D eigenvalue weighted by molar-refractivity contribution is -0.158. The average molecular weight is 283 g/mol. The van der Waals surface area contributed by atoms with Crippen molar-refractivity contribution >= 4 is 11.9 Å². The van der Waals surface area contributed by atoms with E-state index >= 15 is 0 Å². The van der Waals surface area contributed by atoms with Gasteiger partial charge in [-0.15, -0.1) is 0 Å². The van der Waals surface area contributed by atoms with Gasteiger partial charge in [-0.2, -0.15) is 0 Å². The van der Waals surface area contributed by atoms with E-state index in [1.54, 1.807) is 6.92 Å². The fourth-order valence-corrected chi connectivity index (χ4v) is 4.00. The number of carbonyl (C=O) groups excluding carboxylic acids is 1. The Kier molecular flexibility index (Phi) is 4.09. The molecule has 0 aromatic carbocycles. The lowest BCUT2D eigenvalue weighted by atomic mass is 9.69. The quantitative estimate of drug-likeness (QED) is 0.732. The van der Waals surface area contributed by atoms with Crippen molar-refractivity contribution in [3.8, 4) is 0 Å². The molecule has 1 saturated carbocycles. The highest BCUT2D eigenvalue weighted by molar-refractivity contribution is 5.95. The Morgan fingerprint density at radius 1 is 1.35 bits per heavy atom. The van der Waals surface area contributed by atoms with Crippen LogP contribution < -0.4 is 5.32 Å². The van der Waals surface area contributed by atoms with Crippen LogP contribution in [0, 0.1) is 11.8 Å². The average Bonchev–Trinajstić information content (AvgIpc) is 2.57. The van der Waals surface area contributed by atoms with Gasteiger partial charge in [-0.3, -0.25) is 4.79 Å². The van der Waals surface area contributed by atoms with Crippen LogP contribution in [0.4, 0.5) is 0 Å². The van der Waals surface area contributed by atoms with Crippen molar-refractivity contribution in [1.82, 2.24) is 5.32 Å². The second kappa shape index (κ2) is 5.35. The molecule has 3 atom stereocenters. The zero-order chi connectivity index (χ0) is 15.0. The number of aliphatic hydroxyl groups is 1. The molecule has 0 bridgehead atoms. The SMILES string of the molecule is CC[C@H]1C(=O)N[C@@](CC2CCCCC2)(C(=O)O)[C@@]1(C)O. The molecule has 0 aromatic heterocycles. The van der Waals surface area contributed by atoms with E-state index in [0.29, 0.717) is 12.8 Å². The molecule has 5 heteroatoms. The summed E-state index contributed by atoms with van der Waals surface area (Å²) in [4.78, 5) is 23.9. The maximum absolute atomic E-state index is 12.0. The van der Waals surface area contributed by atoms with Crippen molar-refractivity contribution in [2.75, 3.05) is 0 Å². The second-order valence-electron chi connectivity index (χ2n) is 6.52. The predicted octanol–water partition coefficient (Wildman–Crippen LogP) is 1.69. The Hall–Kier alpha value is -1.10. The molecule has 2 rings (SSSR count). The van der Waals surface area contributed by atoms with Crippen molar-refractivity contribution in [3.05, 3.63) is 0 Å². The van der Waals surface area contributed by atoms with Gasteiger partial charge in [0.1, 0.15) is 5.60 Å². The summed E-state index contributed by atoms with van der Waals surface area (Å²) in [6.45, 7) is 3.30. The summed E-state index contributed by atoms with van der Waals surface area (Å²) in [7, 11) is 0. The topological polar surface area (TPSA) is 86.6 Å². The molecule has 5 nitrogen and oxygen atoms in total. The van der Waals surface area contributed by atoms with Gasteiger partial charge in [-0.25, -0.2) is 4.79 Å². The summed E-state index contributed by atoms with van der Waals surface area (Å²) in [5.74, 6) is -1.84. The van der Waals surface area contributed by atoms with E-state index < -0.39 is 23.0 Å². The Morgan fingerprint density at radius 2 is 1.95 bits per heavy atom. The first-order valence-electron chi connectivity index (χ1n) is 7.63. The third-order valence-electron chi connectivity index (χ3n) is 5.29. The normalized spacial score (nSPS) is 38.8. The van der Waals surface area contributed by atoms with Crippen LogP contribution >= 0.6 is 0 Å². The molecular weight excluding hydrogens is 258 g/mol. The van der Waals surface area contributed by atoms with Crippen molar-refractivity contribution in [3.63, 3.8) is 0 Å². The number of aliphatic carboxylic acids is 1. The van der Waals surface area contributed by atoms with Crippen LogP contribution in [0.5, 0.6) is 0 Å². The number of carboxylic acids is 1. The van der Waals surface area contributed by atoms with Crippen LogP contribution in [-0.4, -0.2) is 33.2 Å². The molecular formula is C15H25NO4. The van der Waals surface area contributed by atoms with Crippen LogP contribution in [0.3, 0.4) is 0 Å². The third kappa shape index (κ3) is 2.22. The standard InChI is InChI=1S/C15H25NO4/c1-3-11-12(17)16-15(13(18)19,14(11,2)20)9-10-7-5-4-6-8-10/h10-11,20H,3-9H2,1-2H3,(H,16,17)(H,18,19)/t11-,14-,15-/m0/s1. The van der Waals surface area contributed by atoms with Crippen LogP contribution in [0.15, 0.2) is 0 Å². The number of carbonyl (C=O) groups is 2. The zero-order valence-corrected chi connectivity index (χ0v) is 12.3. The smallest absolute Gasteiger partial charge is 0.332 e. The summed E-state index contributed by atoms with van der Waals surface area (Å²) < 4.78 is 0. The summed E-state index contributed by atoms with van der Waals surface area (Å²) >= 11 is 0. The van der Waals surface area contributed by atoms with Crippen molar-refractivity contribution in [2.24, 2.45) is 11.8 Å². The first kappa shape index (κ1) is 15.3. The van der Waals surface area contributed by atoms with Gasteiger partial charge >= 0.3 is 5.97 Å². The predicted molar refractivity (Wildman–Crippen MR) is 74.1 cm³/mol. The van der Waals surface area contributed by atoms with E-state index in [1.165, 1.54) is 13.3 Å². The van der Waals surface area contributed by atoms with Crippen LogP contribution in [0.1, 0.15) is 58.8 Å². The minimum absolute atomic E-state index is 0.266. The lowest BCUT2D eigenvalue weighted by Gasteiger charge is -2.40. The number of carboxylic acid groups (broad SMARTS) is 1. The fourth-order valence-electron chi connectivity index (χ4n) is 4.00. The van der Waals surface area contributed by atoms with Crippen LogP contribution in [0.2, 0.25) is 0 Å². The fraction of sp³-hybridized carbons (Fsp3) is 0.867. The lowest BCUT2D eigenvalue weighted by Crippen LogP contribution is -2.63. The molecule has 114 valence electrons. The van der Waals surface area contributed by atoms with Crippen LogP contribution in [0.25, 0.3) is 0 Å². The number of hydrogen-bond donors (Lipinski definition) is 3. The molecule has 1 heterocycles. The third-order valence-corrected chi connectivity index (χ3v) is 5.29. The van der Waals surface area contributed by atoms with Gasteiger partial charge in [0.15, 0.2) is 5.54 Å². The van der Waals surface area contributed by atoms with E-state index in [1.807, 2.05) is 0 Å². The van der Waals surface area contributed by atoms with E-state index in [4.69, 9.17) is 0 Å². The van der Waals surface area contributed by atoms with Gasteiger partial charge in [0.2, 0.25) is 5.91 Å². The molecule has 1 amide bonds. The molecule has 0 spiro atoms. The van der Waals surface area contributed by atoms with Gasteiger partial charge < -0.3 is 15.5 Å². The highest BCUT2D eigenvalue weighted by Gasteiger charge is 2.65. The van der Waals surface area contributed by atoms with E-state index in [0.717, 1.165) is 25.7 Å². The Morgan fingerprint density at radius 3 is 2.40 bits per heavy atom. The number of hydrogen-bond acceptors (Lipinski definition) is 3. The van der Waals surface area contributed by atoms with E-state index in [9.17, 15) is 19.8 Å². The summed E-state index contributed by atoms with van der Waals surface area (Å²) in [5.41, 5.74) is -3.07. The molecule has 1 aliphatic heterocycles. The maximum Gasteiger partial charge on any atom is 0.332 e. The zero-order valence-electron chi connectivity index (χ0n) is 12.3. The van der Waals surface area contributed by atoms with Crippen LogP contribution in [-0.2, 0) is 9.59 Å². The first-order chi connectivity index (χ1) is 9.35. The second-order valence-corrected chi connectivity index (χ2v) is 6.52. The molecule has 1 aliphatic carbocycles. The highest BCUT2D eigenvalue weighted by Crippen LogP contribution is 2.44. The maximum atomic E-state index is 12.0. The van der Waals surface area contributed by atoms with Crippen molar-refractivity contribution in [1.29, 1.82) is 0 Å². The van der Waals surface area contributed by atoms with Crippen molar-refractivity contribution in [2.45, 2.75) is 69.9 Å². The Labute approximate surface area is 119 Å². The van der Waals surface area contributed by atoms with Gasteiger partial charge in [-0.05, 0) is 25.7 Å². The molecule has 3 N–H and O–H groups in total. The Balaban J connectivity index is 2.29. The largest absolute Gasteiger partial charge is 0.479 e. The number of rotatable bonds is 4. The molecule has 0 radical (unpaired) electrons. The van der Waals surface area contributed by atoms with E-state index in [-0.39, 0.29) is 11.8 Å². The molecule has 2 aliphatic rings. The van der Waals surface area contributed by atoms with E-state index in [2.05, 4.69) is 5.32 Å². The number of amides is 1. The monoisotopic (exact) mass is 283 g/mol. The molecule has 0 unspecified atom stereocenters. The summed E-state index contributed by atoms with van der Waals surface area (Å²) in [6, 6.07) is 0. The molecule has 20 heavy (non-hydrogen) atoms. The van der Waals surface area contributed by atoms with Gasteiger partial charge in [-0.1, -0.05) is 39.0 Å².